The highest BCUT2D eigenvalue weighted by Gasteiger charge is 2.27. The first-order valence-corrected chi connectivity index (χ1v) is 15.0. The van der Waals surface area contributed by atoms with Gasteiger partial charge in [-0.1, -0.05) is 26.8 Å². The van der Waals surface area contributed by atoms with Crippen LogP contribution in [-0.2, 0) is 9.32 Å². The van der Waals surface area contributed by atoms with Gasteiger partial charge in [0.2, 0.25) is 0 Å². The molecule has 0 rings (SSSR count). The summed E-state index contributed by atoms with van der Waals surface area (Å²) >= 11 is 0. The van der Waals surface area contributed by atoms with Crippen LogP contribution in [0, 0.1) is 0 Å². The van der Waals surface area contributed by atoms with Gasteiger partial charge < -0.3 is 9.63 Å². The lowest BCUT2D eigenvalue weighted by Crippen LogP contribution is -2.41. The van der Waals surface area contributed by atoms with Crippen molar-refractivity contribution < 1.29 is 14.4 Å². The van der Waals surface area contributed by atoms with Crippen LogP contribution < -0.4 is 5.09 Å². The highest BCUT2D eigenvalue weighted by molar-refractivity contribution is 8.59. The summed E-state index contributed by atoms with van der Waals surface area (Å²) in [6, 6.07) is -0.655. The Balaban J connectivity index is 4.29. The SMILES string of the molecule is CC(O)C(NP(P)P)C(=O)OP(P)PP. The maximum absolute atomic E-state index is 11.6. The standard InChI is InChI=1S/C4H16NO3P7/c1-2(6)3(5-14(10)11)4(7)8-15(12)13-9/h2-3,5-6,13H,9-12H2,1H3. The van der Waals surface area contributed by atoms with Crippen molar-refractivity contribution in [3.05, 3.63) is 0 Å². The molecule has 0 saturated carbocycles. The molecule has 15 heavy (non-hydrogen) atoms. The van der Waals surface area contributed by atoms with Gasteiger partial charge >= 0.3 is 5.97 Å². The van der Waals surface area contributed by atoms with Gasteiger partial charge in [0.05, 0.1) is 6.10 Å². The second kappa shape index (κ2) is 9.35. The second-order valence-corrected chi connectivity index (χ2v) is 17.3. The molecule has 0 aliphatic rings. The average Bonchev–Trinajstić information content (AvgIpc) is 2.12. The van der Waals surface area contributed by atoms with Crippen LogP contribution in [-0.4, -0.2) is 23.2 Å². The fraction of sp³-hybridized carbons (Fsp3) is 0.750. The Hall–Kier alpha value is 2.40. The monoisotopic (exact) mass is 343 g/mol. The molecule has 8 unspecified atom stereocenters. The predicted molar refractivity (Wildman–Crippen MR) is 85.7 cm³/mol. The quantitative estimate of drug-likeness (QED) is 0.728. The van der Waals surface area contributed by atoms with Gasteiger partial charge in [0.25, 0.3) is 0 Å². The van der Waals surface area contributed by atoms with Gasteiger partial charge in [-0.25, -0.2) is 0 Å². The maximum atomic E-state index is 11.6. The van der Waals surface area contributed by atoms with Crippen molar-refractivity contribution >= 4 is 64.6 Å². The first-order valence-electron chi connectivity index (χ1n) is 3.85. The number of nitrogens with one attached hydrogen (secondary N) is 1. The molecular formula is C4H16NO3P7. The zero-order valence-electron chi connectivity index (χ0n) is 8.12. The molecule has 0 aromatic heterocycles. The van der Waals surface area contributed by atoms with Gasteiger partial charge in [0.15, 0.2) is 0 Å². The Morgan fingerprint density at radius 2 is 2.07 bits per heavy atom. The minimum Gasteiger partial charge on any atom is -0.435 e. The predicted octanol–water partition coefficient (Wildman–Crippen LogP) is 2.42. The van der Waals surface area contributed by atoms with E-state index in [2.05, 4.69) is 40.8 Å². The molecule has 90 valence electrons. The lowest BCUT2D eigenvalue weighted by molar-refractivity contribution is -0.137. The van der Waals surface area contributed by atoms with Crippen LogP contribution in [0.5, 0.6) is 0 Å². The summed E-state index contributed by atoms with van der Waals surface area (Å²) < 4.78 is 5.17. The fourth-order valence-corrected chi connectivity index (χ4v) is 3.88. The van der Waals surface area contributed by atoms with Gasteiger partial charge in [-0.15, -0.1) is 8.93 Å². The van der Waals surface area contributed by atoms with Crippen LogP contribution in [0.25, 0.3) is 0 Å². The Labute approximate surface area is 103 Å². The topological polar surface area (TPSA) is 58.6 Å². The Kier molecular flexibility index (Phi) is 10.8. The molecule has 0 bridgehead atoms. The number of carbonyl (C=O) groups is 1. The van der Waals surface area contributed by atoms with Gasteiger partial charge in [-0.3, -0.25) is 9.88 Å². The maximum Gasteiger partial charge on any atom is 0.329 e. The van der Waals surface area contributed by atoms with E-state index in [1.807, 2.05) is 0 Å². The summed E-state index contributed by atoms with van der Waals surface area (Å²) in [6.07, 6.45) is -0.759. The van der Waals surface area contributed by atoms with E-state index in [-0.39, 0.29) is 0 Å². The van der Waals surface area contributed by atoms with Gasteiger partial charge in [0.1, 0.15) is 13.6 Å². The Bertz CT molecular complexity index is 203. The molecule has 0 saturated heterocycles. The van der Waals surface area contributed by atoms with E-state index in [1.54, 1.807) is 6.92 Å². The van der Waals surface area contributed by atoms with Crippen LogP contribution in [0.3, 0.4) is 0 Å². The molecule has 0 aromatic carbocycles. The van der Waals surface area contributed by atoms with Crippen LogP contribution in [0.2, 0.25) is 0 Å². The average molecular weight is 343 g/mol. The number of hydrogen-bond donors (Lipinski definition) is 2. The van der Waals surface area contributed by atoms with E-state index in [0.29, 0.717) is 7.96 Å². The third-order valence-corrected chi connectivity index (χ3v) is 11.1. The van der Waals surface area contributed by atoms with E-state index < -0.39 is 33.1 Å². The smallest absolute Gasteiger partial charge is 0.329 e. The summed E-state index contributed by atoms with van der Waals surface area (Å²) in [5.74, 6) is -0.390. The van der Waals surface area contributed by atoms with E-state index in [9.17, 15) is 9.90 Å². The molecule has 0 spiro atoms. The molecule has 0 aliphatic heterocycles. The second-order valence-electron chi connectivity index (χ2n) is 2.62. The summed E-state index contributed by atoms with van der Waals surface area (Å²) in [6.45, 7) is 1.57. The van der Waals surface area contributed by atoms with E-state index in [1.165, 1.54) is 0 Å². The zero-order chi connectivity index (χ0) is 12.0. The highest BCUT2D eigenvalue weighted by Crippen LogP contribution is 2.66. The van der Waals surface area contributed by atoms with Gasteiger partial charge in [-0.2, -0.15) is 0 Å². The third-order valence-electron chi connectivity index (χ3n) is 1.34. The number of aliphatic hydroxyl groups excluding tert-OH is 1. The van der Waals surface area contributed by atoms with E-state index in [0.717, 1.165) is 0 Å². The zero-order valence-corrected chi connectivity index (χ0v) is 15.5. The van der Waals surface area contributed by atoms with Crippen molar-refractivity contribution in [1.82, 2.24) is 5.09 Å². The molecular weight excluding hydrogens is 327 g/mol. The van der Waals surface area contributed by atoms with Crippen LogP contribution in [0.1, 0.15) is 6.92 Å². The minimum atomic E-state index is -0.800. The molecule has 0 radical (unpaired) electrons. The largest absolute Gasteiger partial charge is 0.435 e. The number of rotatable bonds is 6. The normalized spacial score (nSPS) is 18.1. The molecule has 8 atom stereocenters. The molecule has 4 nitrogen and oxygen atoms in total. The molecule has 0 amide bonds. The van der Waals surface area contributed by atoms with Gasteiger partial charge in [-0.05, 0) is 22.3 Å². The molecule has 0 aromatic rings. The van der Waals surface area contributed by atoms with E-state index >= 15 is 0 Å². The molecule has 2 N–H and O–H groups in total. The summed E-state index contributed by atoms with van der Waals surface area (Å²) in [5, 5.41) is 12.4. The first kappa shape index (κ1) is 17.4. The molecule has 0 heterocycles. The van der Waals surface area contributed by atoms with Gasteiger partial charge in [0, 0.05) is 0 Å². The summed E-state index contributed by atoms with van der Waals surface area (Å²) in [7, 11) is 9.21. The molecule has 0 fully saturated rings. The van der Waals surface area contributed by atoms with Crippen LogP contribution >= 0.6 is 58.6 Å². The highest BCUT2D eigenvalue weighted by atomic mass is 32.6. The van der Waals surface area contributed by atoms with Crippen molar-refractivity contribution in [1.29, 1.82) is 0 Å². The Morgan fingerprint density at radius 3 is 2.40 bits per heavy atom. The summed E-state index contributed by atoms with van der Waals surface area (Å²) in [5.41, 5.74) is 0. The third kappa shape index (κ3) is 8.17. The number of carbonyl (C=O) groups excluding carboxylic acids is 1. The van der Waals surface area contributed by atoms with E-state index in [4.69, 9.17) is 4.52 Å². The molecule has 11 heteroatoms. The van der Waals surface area contributed by atoms with Crippen molar-refractivity contribution in [3.63, 3.8) is 0 Å². The van der Waals surface area contributed by atoms with Crippen molar-refractivity contribution in [2.45, 2.75) is 19.1 Å². The number of aliphatic hydroxyl groups is 1. The molecule has 0 aliphatic carbocycles. The van der Waals surface area contributed by atoms with Crippen molar-refractivity contribution in [2.24, 2.45) is 0 Å². The summed E-state index contributed by atoms with van der Waals surface area (Å²) in [4.78, 5) is 11.6. The van der Waals surface area contributed by atoms with Crippen molar-refractivity contribution in [2.75, 3.05) is 0 Å². The number of hydrogen-bond acceptors (Lipinski definition) is 4. The lowest BCUT2D eigenvalue weighted by atomic mass is 10.2. The lowest BCUT2D eigenvalue weighted by Gasteiger charge is -2.23. The van der Waals surface area contributed by atoms with Crippen LogP contribution in [0.15, 0.2) is 0 Å². The van der Waals surface area contributed by atoms with Crippen LogP contribution in [0.4, 0.5) is 0 Å². The van der Waals surface area contributed by atoms with Crippen molar-refractivity contribution in [3.8, 4) is 0 Å². The first-order chi connectivity index (χ1) is 6.88. The minimum absolute atomic E-state index is 0.390. The fourth-order valence-electron chi connectivity index (χ4n) is 0.698. The Morgan fingerprint density at radius 1 is 1.53 bits per heavy atom.